The molecule has 0 saturated carbocycles. The van der Waals surface area contributed by atoms with Crippen molar-refractivity contribution >= 4 is 23.5 Å². The van der Waals surface area contributed by atoms with Gasteiger partial charge in [-0.15, -0.1) is 0 Å². The van der Waals surface area contributed by atoms with Gasteiger partial charge in [-0.05, 0) is 49.9 Å². The van der Waals surface area contributed by atoms with E-state index >= 15 is 0 Å². The molecule has 0 bridgehead atoms. The molecule has 1 aromatic carbocycles. The summed E-state index contributed by atoms with van der Waals surface area (Å²) in [4.78, 5) is 55.7. The highest BCUT2D eigenvalue weighted by Crippen LogP contribution is 2.29. The van der Waals surface area contributed by atoms with Crippen molar-refractivity contribution in [2.24, 2.45) is 0 Å². The number of hydrogen-bond donors (Lipinski definition) is 1. The van der Waals surface area contributed by atoms with Crippen LogP contribution in [0.2, 0.25) is 0 Å². The van der Waals surface area contributed by atoms with Crippen LogP contribution in [0.1, 0.15) is 62.8 Å². The lowest BCUT2D eigenvalue weighted by Gasteiger charge is -2.29. The summed E-state index contributed by atoms with van der Waals surface area (Å²) in [6.07, 6.45) is 2.99. The molecule has 32 heavy (non-hydrogen) atoms. The lowest BCUT2D eigenvalue weighted by Crippen LogP contribution is -2.51. The number of imide groups is 1. The predicted molar refractivity (Wildman–Crippen MR) is 115 cm³/mol. The van der Waals surface area contributed by atoms with Gasteiger partial charge in [0.15, 0.2) is 5.78 Å². The number of ketones is 1. The average Bonchev–Trinajstić information content (AvgIpc) is 3.03. The first-order valence-corrected chi connectivity index (χ1v) is 10.5. The number of aryl methyl sites for hydroxylation is 1. The van der Waals surface area contributed by atoms with Gasteiger partial charge in [-0.3, -0.25) is 24.1 Å². The maximum absolute atomic E-state index is 12.9. The molecule has 1 saturated heterocycles. The molecule has 1 fully saturated rings. The van der Waals surface area contributed by atoms with Crippen molar-refractivity contribution in [1.82, 2.24) is 15.2 Å². The van der Waals surface area contributed by atoms with Crippen LogP contribution in [0.5, 0.6) is 5.88 Å². The minimum atomic E-state index is -0.843. The van der Waals surface area contributed by atoms with Crippen LogP contribution in [0.4, 0.5) is 0 Å². The van der Waals surface area contributed by atoms with E-state index in [-0.39, 0.29) is 23.3 Å². The molecule has 0 radical (unpaired) electrons. The largest absolute Gasteiger partial charge is 0.478 e. The Morgan fingerprint density at radius 3 is 2.66 bits per heavy atom. The van der Waals surface area contributed by atoms with Crippen molar-refractivity contribution in [1.29, 1.82) is 0 Å². The number of pyridine rings is 1. The minimum Gasteiger partial charge on any atom is -0.478 e. The molecule has 164 valence electrons. The molecular formula is C24H23N3O5. The Morgan fingerprint density at radius 1 is 1.19 bits per heavy atom. The first kappa shape index (κ1) is 21.4. The number of carbonyl (C=O) groups excluding carboxylic acids is 4. The lowest BCUT2D eigenvalue weighted by molar-refractivity contribution is -0.125. The highest BCUT2D eigenvalue weighted by atomic mass is 16.5. The zero-order chi connectivity index (χ0) is 22.8. The van der Waals surface area contributed by atoms with Gasteiger partial charge in [0.05, 0.1) is 17.7 Å². The molecule has 1 atom stereocenters. The second kappa shape index (κ2) is 8.74. The fourth-order valence-corrected chi connectivity index (χ4v) is 3.93. The number of allylic oxidation sites excluding steroid dienone is 1. The summed E-state index contributed by atoms with van der Waals surface area (Å²) in [5.74, 6) is -0.969. The molecule has 3 heterocycles. The zero-order valence-corrected chi connectivity index (χ0v) is 17.7. The topological polar surface area (TPSA) is 106 Å². The molecule has 1 N–H and O–H groups in total. The highest BCUT2D eigenvalue weighted by Gasteiger charge is 2.43. The van der Waals surface area contributed by atoms with Crippen molar-refractivity contribution in [2.45, 2.75) is 38.6 Å². The maximum atomic E-state index is 12.9. The Kier molecular flexibility index (Phi) is 5.85. The number of carbonyl (C=O) groups is 4. The number of rotatable bonds is 7. The Bertz CT molecular complexity index is 1120. The number of nitrogens with one attached hydrogen (secondary N) is 1. The van der Waals surface area contributed by atoms with Crippen LogP contribution >= 0.6 is 0 Å². The summed E-state index contributed by atoms with van der Waals surface area (Å²) < 4.78 is 5.28. The molecular weight excluding hydrogens is 410 g/mol. The van der Waals surface area contributed by atoms with Crippen LogP contribution in [-0.4, -0.2) is 46.0 Å². The molecule has 2 aromatic rings. The van der Waals surface area contributed by atoms with Gasteiger partial charge in [-0.1, -0.05) is 12.6 Å². The molecule has 8 nitrogen and oxygen atoms in total. The Labute approximate surface area is 185 Å². The number of nitrogens with zero attached hydrogens (tertiary/aromatic N) is 2. The molecule has 2 aliphatic heterocycles. The van der Waals surface area contributed by atoms with E-state index in [0.717, 1.165) is 10.5 Å². The number of benzene rings is 1. The van der Waals surface area contributed by atoms with Gasteiger partial charge in [0.2, 0.25) is 11.8 Å². The van der Waals surface area contributed by atoms with Crippen LogP contribution in [0, 0.1) is 0 Å². The van der Waals surface area contributed by atoms with Gasteiger partial charge in [-0.2, -0.15) is 0 Å². The van der Waals surface area contributed by atoms with E-state index in [1.807, 2.05) is 6.92 Å². The van der Waals surface area contributed by atoms with Crippen molar-refractivity contribution < 1.29 is 23.9 Å². The Hall–Kier alpha value is -3.81. The van der Waals surface area contributed by atoms with Crippen LogP contribution in [-0.2, 0) is 11.2 Å². The molecule has 1 unspecified atom stereocenters. The number of piperidine rings is 1. The summed E-state index contributed by atoms with van der Waals surface area (Å²) in [6.45, 7) is 6.08. The zero-order valence-electron chi connectivity index (χ0n) is 17.7. The SMILES string of the molecule is C=C1CCC(N2C(=O)c3ccc(CCC(=O)c4ccc(OCC)nc4)cc3C2=O)C(=O)N1. The average molecular weight is 433 g/mol. The second-order valence-electron chi connectivity index (χ2n) is 7.75. The predicted octanol–water partition coefficient (Wildman–Crippen LogP) is 2.68. The molecule has 0 spiro atoms. The van der Waals surface area contributed by atoms with E-state index in [1.165, 1.54) is 6.20 Å². The maximum Gasteiger partial charge on any atom is 0.262 e. The quantitative estimate of drug-likeness (QED) is 0.532. The van der Waals surface area contributed by atoms with Crippen LogP contribution < -0.4 is 10.1 Å². The van der Waals surface area contributed by atoms with Crippen molar-refractivity contribution in [3.63, 3.8) is 0 Å². The summed E-state index contributed by atoms with van der Waals surface area (Å²) >= 11 is 0. The van der Waals surface area contributed by atoms with Gasteiger partial charge < -0.3 is 10.1 Å². The highest BCUT2D eigenvalue weighted by molar-refractivity contribution is 6.23. The summed E-state index contributed by atoms with van der Waals surface area (Å²) in [5.41, 5.74) is 2.37. The van der Waals surface area contributed by atoms with Gasteiger partial charge in [0.1, 0.15) is 6.04 Å². The number of hydrogen-bond acceptors (Lipinski definition) is 6. The summed E-state index contributed by atoms with van der Waals surface area (Å²) in [7, 11) is 0. The van der Waals surface area contributed by atoms with Crippen LogP contribution in [0.25, 0.3) is 0 Å². The molecule has 3 amide bonds. The van der Waals surface area contributed by atoms with E-state index < -0.39 is 23.8 Å². The molecule has 4 rings (SSSR count). The fourth-order valence-electron chi connectivity index (χ4n) is 3.93. The van der Waals surface area contributed by atoms with Gasteiger partial charge in [0.25, 0.3) is 11.8 Å². The van der Waals surface area contributed by atoms with E-state index in [9.17, 15) is 19.2 Å². The smallest absolute Gasteiger partial charge is 0.262 e. The van der Waals surface area contributed by atoms with E-state index in [0.29, 0.717) is 43.0 Å². The van der Waals surface area contributed by atoms with Crippen molar-refractivity contribution in [3.05, 3.63) is 71.1 Å². The summed E-state index contributed by atoms with van der Waals surface area (Å²) in [6, 6.07) is 7.45. The van der Waals surface area contributed by atoms with Crippen molar-refractivity contribution in [2.75, 3.05) is 6.61 Å². The van der Waals surface area contributed by atoms with Gasteiger partial charge >= 0.3 is 0 Å². The van der Waals surface area contributed by atoms with Gasteiger partial charge in [-0.25, -0.2) is 4.98 Å². The van der Waals surface area contributed by atoms with Crippen LogP contribution in [0.15, 0.2) is 48.8 Å². The van der Waals surface area contributed by atoms with E-state index in [4.69, 9.17) is 4.74 Å². The first-order valence-electron chi connectivity index (χ1n) is 10.5. The number of amides is 3. The third kappa shape index (κ3) is 4.03. The monoisotopic (exact) mass is 433 g/mol. The number of Topliss-reactive ketones (excluding diaryl/α,β-unsaturated/α-hetero) is 1. The Balaban J connectivity index is 1.45. The number of ether oxygens (including phenoxy) is 1. The second-order valence-corrected chi connectivity index (χ2v) is 7.75. The minimum absolute atomic E-state index is 0.0795. The lowest BCUT2D eigenvalue weighted by atomic mass is 10.00. The fraction of sp³-hybridized carbons (Fsp3) is 0.292. The Morgan fingerprint density at radius 2 is 1.97 bits per heavy atom. The number of fused-ring (bicyclic) bond motifs is 1. The van der Waals surface area contributed by atoms with Crippen molar-refractivity contribution in [3.8, 4) is 5.88 Å². The molecule has 1 aromatic heterocycles. The molecule has 2 aliphatic rings. The normalized spacial score (nSPS) is 17.9. The summed E-state index contributed by atoms with van der Waals surface area (Å²) in [5, 5.41) is 2.61. The van der Waals surface area contributed by atoms with E-state index in [1.54, 1.807) is 30.3 Å². The third-order valence-electron chi connectivity index (χ3n) is 5.61. The van der Waals surface area contributed by atoms with Gasteiger partial charge in [0, 0.05) is 29.9 Å². The van der Waals surface area contributed by atoms with Crippen LogP contribution in [0.3, 0.4) is 0 Å². The number of aromatic nitrogens is 1. The standard InChI is InChI=1S/C24H23N3O5/c1-3-32-21-11-7-16(13-25-21)20(28)10-6-15-5-8-17-18(12-15)24(31)27(23(17)30)19-9-4-14(2)26-22(19)29/h5,7-8,11-13,19H,2-4,6,9-10H2,1H3,(H,26,29). The third-order valence-corrected chi connectivity index (χ3v) is 5.61. The van der Waals surface area contributed by atoms with E-state index in [2.05, 4.69) is 16.9 Å². The first-order chi connectivity index (χ1) is 15.4. The molecule has 8 heteroatoms. The molecule has 0 aliphatic carbocycles.